The molecule has 1 aromatic rings. The van der Waals surface area contributed by atoms with Crippen LogP contribution >= 0.6 is 0 Å². The van der Waals surface area contributed by atoms with Gasteiger partial charge in [0.1, 0.15) is 0 Å². The van der Waals surface area contributed by atoms with Gasteiger partial charge in [-0.15, -0.1) is 0 Å². The Balaban J connectivity index is 2.80. The molecule has 0 heteroatoms. The van der Waals surface area contributed by atoms with Gasteiger partial charge in [-0.05, 0) is 29.9 Å². The van der Waals surface area contributed by atoms with Crippen molar-refractivity contribution in [1.29, 1.82) is 0 Å². The Morgan fingerprint density at radius 3 is 2.06 bits per heavy atom. The van der Waals surface area contributed by atoms with Gasteiger partial charge in [0.15, 0.2) is 0 Å². The van der Waals surface area contributed by atoms with Gasteiger partial charge in [-0.2, -0.15) is 0 Å². The molecule has 0 fully saturated rings. The van der Waals surface area contributed by atoms with Crippen LogP contribution < -0.4 is 0 Å². The van der Waals surface area contributed by atoms with Gasteiger partial charge in [0.05, 0.1) is 0 Å². The van der Waals surface area contributed by atoms with Crippen LogP contribution in [-0.4, -0.2) is 0 Å². The van der Waals surface area contributed by atoms with Crippen molar-refractivity contribution in [3.8, 4) is 0 Å². The fourth-order valence-corrected chi connectivity index (χ4v) is 1.53. The van der Waals surface area contributed by atoms with Crippen LogP contribution in [-0.2, 0) is 0 Å². The molecule has 16 heavy (non-hydrogen) atoms. The molecular weight excluding hydrogens is 192 g/mol. The standard InChI is InChI=1S/C16H22/c1-5-9-14-10-6-7-11-15(14)12-8-13-16(2,3)4/h5-12H,13H2,1-4H3/b9-5-,12-8-. The lowest BCUT2D eigenvalue weighted by molar-refractivity contribution is 0.421. The first-order chi connectivity index (χ1) is 7.53. The molecule has 0 aliphatic rings. The lowest BCUT2D eigenvalue weighted by atomic mass is 9.91. The molecule has 0 bridgehead atoms. The molecule has 1 rings (SSSR count). The first-order valence-electron chi connectivity index (χ1n) is 5.91. The van der Waals surface area contributed by atoms with Crippen molar-refractivity contribution in [3.63, 3.8) is 0 Å². The molecule has 0 radical (unpaired) electrons. The van der Waals surface area contributed by atoms with Crippen LogP contribution in [0.1, 0.15) is 45.2 Å². The third-order valence-corrected chi connectivity index (χ3v) is 2.37. The van der Waals surface area contributed by atoms with Gasteiger partial charge in [-0.1, -0.05) is 69.3 Å². The molecule has 0 N–H and O–H groups in total. The Kier molecular flexibility index (Phi) is 4.54. The summed E-state index contributed by atoms with van der Waals surface area (Å²) in [5.74, 6) is 0. The molecule has 0 saturated carbocycles. The Morgan fingerprint density at radius 2 is 1.56 bits per heavy atom. The van der Waals surface area contributed by atoms with Gasteiger partial charge in [0.2, 0.25) is 0 Å². The summed E-state index contributed by atoms with van der Waals surface area (Å²) in [5, 5.41) is 0. The van der Waals surface area contributed by atoms with E-state index in [0.29, 0.717) is 5.41 Å². The van der Waals surface area contributed by atoms with E-state index in [1.165, 1.54) is 11.1 Å². The third kappa shape index (κ3) is 4.48. The fourth-order valence-electron chi connectivity index (χ4n) is 1.53. The van der Waals surface area contributed by atoms with Gasteiger partial charge in [0.25, 0.3) is 0 Å². The number of rotatable bonds is 3. The minimum atomic E-state index is 0.367. The summed E-state index contributed by atoms with van der Waals surface area (Å²) < 4.78 is 0. The minimum Gasteiger partial charge on any atom is -0.0870 e. The van der Waals surface area contributed by atoms with Crippen LogP contribution in [0.5, 0.6) is 0 Å². The number of allylic oxidation sites excluding steroid dienone is 2. The predicted molar refractivity (Wildman–Crippen MR) is 74.3 cm³/mol. The average Bonchev–Trinajstić information content (AvgIpc) is 2.19. The quantitative estimate of drug-likeness (QED) is 0.651. The summed E-state index contributed by atoms with van der Waals surface area (Å²) in [5.41, 5.74) is 2.95. The molecular formula is C16H22. The van der Waals surface area contributed by atoms with E-state index in [1.807, 2.05) is 0 Å². The maximum Gasteiger partial charge on any atom is -0.0187 e. The lowest BCUT2D eigenvalue weighted by Crippen LogP contribution is -2.01. The van der Waals surface area contributed by atoms with Gasteiger partial charge in [-0.25, -0.2) is 0 Å². The molecule has 1 aromatic carbocycles. The van der Waals surface area contributed by atoms with Gasteiger partial charge >= 0.3 is 0 Å². The van der Waals surface area contributed by atoms with Gasteiger partial charge < -0.3 is 0 Å². The Morgan fingerprint density at radius 1 is 1.00 bits per heavy atom. The second-order valence-electron chi connectivity index (χ2n) is 5.30. The van der Waals surface area contributed by atoms with E-state index in [9.17, 15) is 0 Å². The highest BCUT2D eigenvalue weighted by atomic mass is 14.1. The van der Waals surface area contributed by atoms with Crippen molar-refractivity contribution >= 4 is 12.2 Å². The summed E-state index contributed by atoms with van der Waals surface area (Å²) in [4.78, 5) is 0. The lowest BCUT2D eigenvalue weighted by Gasteiger charge is -2.14. The maximum atomic E-state index is 2.27. The highest BCUT2D eigenvalue weighted by Gasteiger charge is 2.06. The van der Waals surface area contributed by atoms with Crippen LogP contribution in [0.3, 0.4) is 0 Å². The number of benzene rings is 1. The van der Waals surface area contributed by atoms with E-state index < -0.39 is 0 Å². The molecule has 0 aromatic heterocycles. The SMILES string of the molecule is C/C=C\c1ccccc1/C=C\CC(C)(C)C. The zero-order valence-corrected chi connectivity index (χ0v) is 10.8. The fraction of sp³-hybridized carbons (Fsp3) is 0.375. The molecule has 0 aliphatic heterocycles. The summed E-state index contributed by atoms with van der Waals surface area (Å²) in [7, 11) is 0. The molecule has 0 spiro atoms. The molecule has 0 nitrogen and oxygen atoms in total. The third-order valence-electron chi connectivity index (χ3n) is 2.37. The van der Waals surface area contributed by atoms with Gasteiger partial charge in [0, 0.05) is 0 Å². The monoisotopic (exact) mass is 214 g/mol. The largest absolute Gasteiger partial charge is 0.0870 e. The zero-order valence-electron chi connectivity index (χ0n) is 10.8. The molecule has 0 saturated heterocycles. The highest BCUT2D eigenvalue weighted by molar-refractivity contribution is 5.64. The van der Waals surface area contributed by atoms with Crippen molar-refractivity contribution < 1.29 is 0 Å². The van der Waals surface area contributed by atoms with Crippen molar-refractivity contribution in [3.05, 3.63) is 47.5 Å². The molecule has 86 valence electrons. The number of hydrogen-bond donors (Lipinski definition) is 0. The van der Waals surface area contributed by atoms with Crippen LogP contribution in [0.4, 0.5) is 0 Å². The van der Waals surface area contributed by atoms with Crippen LogP contribution in [0.25, 0.3) is 12.2 Å². The Labute approximate surface area is 99.7 Å². The molecule has 0 aliphatic carbocycles. The van der Waals surface area contributed by atoms with Crippen molar-refractivity contribution in [2.45, 2.75) is 34.1 Å². The summed E-state index contributed by atoms with van der Waals surface area (Å²) in [6.07, 6.45) is 9.83. The van der Waals surface area contributed by atoms with E-state index >= 15 is 0 Å². The second-order valence-corrected chi connectivity index (χ2v) is 5.30. The first kappa shape index (κ1) is 12.8. The van der Waals surface area contributed by atoms with E-state index in [-0.39, 0.29) is 0 Å². The highest BCUT2D eigenvalue weighted by Crippen LogP contribution is 2.20. The summed E-state index contributed by atoms with van der Waals surface area (Å²) in [6, 6.07) is 8.48. The van der Waals surface area contributed by atoms with Crippen molar-refractivity contribution in [1.82, 2.24) is 0 Å². The topological polar surface area (TPSA) is 0 Å². The maximum absolute atomic E-state index is 2.27. The minimum absolute atomic E-state index is 0.367. The summed E-state index contributed by atoms with van der Waals surface area (Å²) in [6.45, 7) is 8.83. The Hall–Kier alpha value is -1.30. The molecule has 0 heterocycles. The Bertz CT molecular complexity index is 375. The van der Waals surface area contributed by atoms with Crippen molar-refractivity contribution in [2.75, 3.05) is 0 Å². The normalized spacial score (nSPS) is 12.8. The zero-order chi connectivity index (χ0) is 12.0. The van der Waals surface area contributed by atoms with E-state index in [2.05, 4.69) is 76.3 Å². The molecule has 0 unspecified atom stereocenters. The van der Waals surface area contributed by atoms with E-state index in [4.69, 9.17) is 0 Å². The van der Waals surface area contributed by atoms with Gasteiger partial charge in [-0.3, -0.25) is 0 Å². The predicted octanol–water partition coefficient (Wildman–Crippen LogP) is 5.17. The molecule has 0 atom stereocenters. The average molecular weight is 214 g/mol. The van der Waals surface area contributed by atoms with Crippen LogP contribution in [0, 0.1) is 5.41 Å². The van der Waals surface area contributed by atoms with Crippen molar-refractivity contribution in [2.24, 2.45) is 5.41 Å². The number of hydrogen-bond acceptors (Lipinski definition) is 0. The second kappa shape index (κ2) is 5.69. The molecule has 0 amide bonds. The van der Waals surface area contributed by atoms with Crippen LogP contribution in [0.2, 0.25) is 0 Å². The van der Waals surface area contributed by atoms with E-state index in [0.717, 1.165) is 6.42 Å². The first-order valence-corrected chi connectivity index (χ1v) is 5.91. The van der Waals surface area contributed by atoms with Crippen LogP contribution in [0.15, 0.2) is 36.4 Å². The smallest absolute Gasteiger partial charge is 0.0187 e. The summed E-state index contributed by atoms with van der Waals surface area (Å²) >= 11 is 0. The van der Waals surface area contributed by atoms with E-state index in [1.54, 1.807) is 0 Å².